The second-order valence-electron chi connectivity index (χ2n) is 7.47. The number of methoxy groups -OCH3 is 2. The molecule has 1 aliphatic heterocycles. The molecule has 0 radical (unpaired) electrons. The highest BCUT2D eigenvalue weighted by molar-refractivity contribution is 5.59. The highest BCUT2D eigenvalue weighted by atomic mass is 19.4. The van der Waals surface area contributed by atoms with Gasteiger partial charge in [-0.05, 0) is 56.0 Å². The summed E-state index contributed by atoms with van der Waals surface area (Å²) in [7, 11) is 3.18. The van der Waals surface area contributed by atoms with Gasteiger partial charge in [0.25, 0.3) is 0 Å². The van der Waals surface area contributed by atoms with Crippen LogP contribution in [-0.2, 0) is 4.79 Å². The Hall–Kier alpha value is -2.74. The number of benzene rings is 2. The number of aldehydes is 1. The van der Waals surface area contributed by atoms with Crippen LogP contribution in [0.25, 0.3) is 0 Å². The molecule has 0 bridgehead atoms. The number of likely N-dealkylation sites (tertiary alicyclic amines) is 1. The van der Waals surface area contributed by atoms with E-state index < -0.39 is 6.36 Å². The number of nitrogens with zero attached hydrogens (tertiary/aromatic N) is 1. The SMILES string of the molecule is COc1cccc(OC)c1C1CCCC(C=O)N1C(C)c1ccc(OC(F)(F)F)cc1. The number of halogens is 3. The van der Waals surface area contributed by atoms with E-state index in [-0.39, 0.29) is 23.9 Å². The minimum atomic E-state index is -4.74. The van der Waals surface area contributed by atoms with Crippen molar-refractivity contribution in [3.05, 3.63) is 53.6 Å². The van der Waals surface area contributed by atoms with Crippen LogP contribution in [0.3, 0.4) is 0 Å². The first-order chi connectivity index (χ1) is 14.8. The zero-order chi connectivity index (χ0) is 22.6. The lowest BCUT2D eigenvalue weighted by Gasteiger charge is -2.44. The predicted molar refractivity (Wildman–Crippen MR) is 109 cm³/mol. The molecule has 1 aliphatic rings. The van der Waals surface area contributed by atoms with Gasteiger partial charge in [-0.3, -0.25) is 4.90 Å². The first kappa shape index (κ1) is 22.9. The topological polar surface area (TPSA) is 48.0 Å². The molecule has 0 amide bonds. The smallest absolute Gasteiger partial charge is 0.496 e. The number of alkyl halides is 3. The van der Waals surface area contributed by atoms with E-state index in [1.165, 1.54) is 12.1 Å². The lowest BCUT2D eigenvalue weighted by Crippen LogP contribution is -2.44. The number of hydrogen-bond acceptors (Lipinski definition) is 5. The van der Waals surface area contributed by atoms with Gasteiger partial charge in [0.05, 0.1) is 25.8 Å². The van der Waals surface area contributed by atoms with Gasteiger partial charge in [0, 0.05) is 12.1 Å². The number of ether oxygens (including phenoxy) is 3. The van der Waals surface area contributed by atoms with Crippen molar-refractivity contribution in [3.63, 3.8) is 0 Å². The highest BCUT2D eigenvalue weighted by Gasteiger charge is 2.38. The zero-order valence-electron chi connectivity index (χ0n) is 17.7. The van der Waals surface area contributed by atoms with Crippen LogP contribution >= 0.6 is 0 Å². The third kappa shape index (κ3) is 5.12. The van der Waals surface area contributed by atoms with Crippen molar-refractivity contribution in [2.75, 3.05) is 14.2 Å². The van der Waals surface area contributed by atoms with Crippen LogP contribution in [0.4, 0.5) is 13.2 Å². The molecule has 5 nitrogen and oxygen atoms in total. The van der Waals surface area contributed by atoms with Gasteiger partial charge in [0.1, 0.15) is 23.5 Å². The molecule has 3 unspecified atom stereocenters. The molecule has 8 heteroatoms. The van der Waals surface area contributed by atoms with Crippen molar-refractivity contribution in [1.29, 1.82) is 0 Å². The molecule has 3 atom stereocenters. The Balaban J connectivity index is 1.98. The third-order valence-corrected chi connectivity index (χ3v) is 5.72. The second-order valence-corrected chi connectivity index (χ2v) is 7.47. The average Bonchev–Trinajstić information content (AvgIpc) is 2.76. The van der Waals surface area contributed by atoms with Crippen LogP contribution in [-0.4, -0.2) is 37.8 Å². The molecule has 31 heavy (non-hydrogen) atoms. The maximum absolute atomic E-state index is 12.5. The van der Waals surface area contributed by atoms with Crippen molar-refractivity contribution in [2.45, 2.75) is 50.7 Å². The molecule has 1 saturated heterocycles. The van der Waals surface area contributed by atoms with Gasteiger partial charge in [-0.15, -0.1) is 13.2 Å². The molecule has 2 aromatic carbocycles. The molecule has 0 aromatic heterocycles. The van der Waals surface area contributed by atoms with Crippen LogP contribution < -0.4 is 14.2 Å². The maximum atomic E-state index is 12.5. The molecule has 0 saturated carbocycles. The quantitative estimate of drug-likeness (QED) is 0.539. The number of hydrogen-bond donors (Lipinski definition) is 0. The summed E-state index contributed by atoms with van der Waals surface area (Å²) in [6.07, 6.45) is -1.45. The third-order valence-electron chi connectivity index (χ3n) is 5.72. The molecule has 1 heterocycles. The molecule has 0 spiro atoms. The summed E-state index contributed by atoms with van der Waals surface area (Å²) in [4.78, 5) is 14.0. The van der Waals surface area contributed by atoms with E-state index in [1.54, 1.807) is 26.4 Å². The lowest BCUT2D eigenvalue weighted by molar-refractivity contribution is -0.274. The molecule has 1 fully saturated rings. The van der Waals surface area contributed by atoms with Gasteiger partial charge in [0.2, 0.25) is 0 Å². The number of carbonyl (C=O) groups is 1. The number of rotatable bonds is 7. The molecular weight excluding hydrogens is 411 g/mol. The van der Waals surface area contributed by atoms with Crippen LogP contribution in [0, 0.1) is 0 Å². The van der Waals surface area contributed by atoms with E-state index in [4.69, 9.17) is 9.47 Å². The summed E-state index contributed by atoms with van der Waals surface area (Å²) < 4.78 is 52.6. The fourth-order valence-corrected chi connectivity index (χ4v) is 4.37. The van der Waals surface area contributed by atoms with Gasteiger partial charge >= 0.3 is 6.36 Å². The Morgan fingerprint density at radius 1 is 1.03 bits per heavy atom. The fraction of sp³-hybridized carbons (Fsp3) is 0.435. The normalized spacial score (nSPS) is 20.7. The van der Waals surface area contributed by atoms with Gasteiger partial charge in [-0.2, -0.15) is 0 Å². The first-order valence-corrected chi connectivity index (χ1v) is 10.1. The largest absolute Gasteiger partial charge is 0.573 e. The Morgan fingerprint density at radius 2 is 1.65 bits per heavy atom. The van der Waals surface area contributed by atoms with E-state index >= 15 is 0 Å². The van der Waals surface area contributed by atoms with Crippen LogP contribution in [0.1, 0.15) is 49.4 Å². The Morgan fingerprint density at radius 3 is 2.16 bits per heavy atom. The maximum Gasteiger partial charge on any atom is 0.573 e. The highest BCUT2D eigenvalue weighted by Crippen LogP contribution is 2.46. The standard InChI is InChI=1S/C23H26F3NO4/c1-15(16-10-12-18(13-11-16)31-23(24,25)26)27-17(14-28)6-4-7-19(27)22-20(29-2)8-5-9-21(22)30-3/h5,8-15,17,19H,4,6-7H2,1-3H3. The molecule has 0 N–H and O–H groups in total. The van der Waals surface area contributed by atoms with E-state index in [2.05, 4.69) is 9.64 Å². The lowest BCUT2D eigenvalue weighted by atomic mass is 9.87. The predicted octanol–water partition coefficient (Wildman–Crippen LogP) is 5.46. The molecular formula is C23H26F3NO4. The number of carbonyl (C=O) groups excluding carboxylic acids is 1. The van der Waals surface area contributed by atoms with Crippen molar-refractivity contribution in [3.8, 4) is 17.2 Å². The molecule has 168 valence electrons. The molecule has 2 aromatic rings. The summed E-state index contributed by atoms with van der Waals surface area (Å²) in [6.45, 7) is 1.94. The zero-order valence-corrected chi connectivity index (χ0v) is 17.7. The summed E-state index contributed by atoms with van der Waals surface area (Å²) in [5, 5.41) is 0. The summed E-state index contributed by atoms with van der Waals surface area (Å²) in [6, 6.07) is 10.6. The van der Waals surface area contributed by atoms with E-state index in [9.17, 15) is 18.0 Å². The van der Waals surface area contributed by atoms with Crippen molar-refractivity contribution in [1.82, 2.24) is 4.90 Å². The summed E-state index contributed by atoms with van der Waals surface area (Å²) in [5.41, 5.74) is 1.64. The van der Waals surface area contributed by atoms with Gasteiger partial charge < -0.3 is 19.0 Å². The van der Waals surface area contributed by atoms with E-state index in [0.29, 0.717) is 17.9 Å². The minimum absolute atomic E-state index is 0.156. The first-order valence-electron chi connectivity index (χ1n) is 10.1. The second kappa shape index (κ2) is 9.60. The fourth-order valence-electron chi connectivity index (χ4n) is 4.37. The Bertz CT molecular complexity index is 863. The van der Waals surface area contributed by atoms with Crippen molar-refractivity contribution in [2.24, 2.45) is 0 Å². The van der Waals surface area contributed by atoms with E-state index in [1.807, 2.05) is 25.1 Å². The molecule has 0 aliphatic carbocycles. The average molecular weight is 437 g/mol. The van der Waals surface area contributed by atoms with Crippen LogP contribution in [0.2, 0.25) is 0 Å². The Kier molecular flexibility index (Phi) is 7.10. The Labute approximate surface area is 179 Å². The van der Waals surface area contributed by atoms with Crippen LogP contribution in [0.5, 0.6) is 17.2 Å². The molecule has 3 rings (SSSR count). The van der Waals surface area contributed by atoms with Crippen molar-refractivity contribution >= 4 is 6.29 Å². The summed E-state index contributed by atoms with van der Waals surface area (Å²) in [5.74, 6) is 1.06. The van der Waals surface area contributed by atoms with E-state index in [0.717, 1.165) is 30.3 Å². The minimum Gasteiger partial charge on any atom is -0.496 e. The summed E-state index contributed by atoms with van der Waals surface area (Å²) >= 11 is 0. The van der Waals surface area contributed by atoms with Crippen LogP contribution in [0.15, 0.2) is 42.5 Å². The van der Waals surface area contributed by atoms with Gasteiger partial charge in [-0.1, -0.05) is 18.2 Å². The monoisotopic (exact) mass is 437 g/mol. The van der Waals surface area contributed by atoms with Gasteiger partial charge in [0.15, 0.2) is 0 Å². The van der Waals surface area contributed by atoms with Crippen molar-refractivity contribution < 1.29 is 32.2 Å². The number of piperidine rings is 1. The van der Waals surface area contributed by atoms with Gasteiger partial charge in [-0.25, -0.2) is 0 Å².